The Morgan fingerprint density at radius 1 is 0.836 bits per heavy atom. The van der Waals surface area contributed by atoms with E-state index in [0.29, 0.717) is 16.9 Å². The van der Waals surface area contributed by atoms with Crippen LogP contribution in [0, 0.1) is 0 Å². The van der Waals surface area contributed by atoms with Crippen LogP contribution in [0.2, 0.25) is 0 Å². The number of rotatable bonds is 15. The Kier molecular flexibility index (Phi) is 14.5. The average Bonchev–Trinajstić information content (AvgIpc) is 3.12. The van der Waals surface area contributed by atoms with Crippen LogP contribution in [0.15, 0.2) is 58.5 Å². The number of esters is 1. The number of hydrogen-bond donors (Lipinski definition) is 6. The van der Waals surface area contributed by atoms with Crippen LogP contribution in [0.4, 0.5) is 16.2 Å². The van der Waals surface area contributed by atoms with Gasteiger partial charge in [0, 0.05) is 37.7 Å². The van der Waals surface area contributed by atoms with Gasteiger partial charge < -0.3 is 47.4 Å². The Balaban J connectivity index is 1.46. The van der Waals surface area contributed by atoms with Crippen molar-refractivity contribution in [2.45, 2.75) is 76.7 Å². The molecule has 2 aliphatic rings. The first-order chi connectivity index (χ1) is 26.2. The molecule has 2 aromatic rings. The highest BCUT2D eigenvalue weighted by Gasteiger charge is 2.54. The van der Waals surface area contributed by atoms with Crippen molar-refractivity contribution in [3.05, 3.63) is 59.7 Å². The molecule has 10 N–H and O–H groups in total. The van der Waals surface area contributed by atoms with Gasteiger partial charge in [-0.1, -0.05) is 6.42 Å². The number of ketones is 1. The summed E-state index contributed by atoms with van der Waals surface area (Å²) in [5.41, 5.74) is 23.7. The lowest BCUT2D eigenvalue weighted by Gasteiger charge is -2.47. The predicted octanol–water partition coefficient (Wildman–Crippen LogP) is 1.20. The molecule has 1 aliphatic carbocycles. The quantitative estimate of drug-likeness (QED) is 0.0371. The second-order valence-corrected chi connectivity index (χ2v) is 13.1. The lowest BCUT2D eigenvalue weighted by atomic mass is 9.84. The minimum atomic E-state index is -1.98. The summed E-state index contributed by atoms with van der Waals surface area (Å²) in [6, 6.07) is 12.1. The number of benzene rings is 2. The third-order valence-corrected chi connectivity index (χ3v) is 8.99. The maximum absolute atomic E-state index is 14.3. The summed E-state index contributed by atoms with van der Waals surface area (Å²) in [7, 11) is 0. The molecular weight excluding hydrogens is 716 g/mol. The van der Waals surface area contributed by atoms with Crippen molar-refractivity contribution in [1.29, 1.82) is 0 Å². The van der Waals surface area contributed by atoms with Crippen LogP contribution >= 0.6 is 0 Å². The standard InChI is InChI=1S/C36H48N10O9/c1-22(47)36(17-6-18-41-30(49)24-9-13-26(14-10-24)42-33(37)38)32(51)45(21-29(48)53-23(2)54-35(52)55-28-7-4-3-5-8-28)19-20-46(36)44-31(50)25-11-15-27(16-12-25)43-34(39)40/h9-16,23,28H,3-8,17-21H2,1-2H3,(H,41,49)(H,44,50)(H4,37,38,42)(H4,39,40,43)/t23?,36-/m0/s1. The van der Waals surface area contributed by atoms with E-state index in [-0.39, 0.29) is 56.1 Å². The Morgan fingerprint density at radius 2 is 1.40 bits per heavy atom. The molecule has 1 unspecified atom stereocenters. The van der Waals surface area contributed by atoms with Gasteiger partial charge in [0.25, 0.3) is 17.7 Å². The van der Waals surface area contributed by atoms with Crippen molar-refractivity contribution < 1.29 is 43.0 Å². The zero-order chi connectivity index (χ0) is 40.1. The van der Waals surface area contributed by atoms with Gasteiger partial charge in [0.15, 0.2) is 23.2 Å². The van der Waals surface area contributed by atoms with E-state index >= 15 is 0 Å². The van der Waals surface area contributed by atoms with Gasteiger partial charge in [-0.25, -0.2) is 14.8 Å². The van der Waals surface area contributed by atoms with Gasteiger partial charge in [-0.15, -0.1) is 0 Å². The number of nitrogens with zero attached hydrogens (tertiary/aromatic N) is 4. The number of hydrogen-bond acceptors (Lipinski definition) is 12. The minimum Gasteiger partial charge on any atom is -0.431 e. The highest BCUT2D eigenvalue weighted by atomic mass is 16.8. The average molecular weight is 765 g/mol. The maximum atomic E-state index is 14.3. The Morgan fingerprint density at radius 3 is 1.95 bits per heavy atom. The van der Waals surface area contributed by atoms with Gasteiger partial charge in [-0.2, -0.15) is 5.01 Å². The molecule has 2 fully saturated rings. The normalized spacial score (nSPS) is 17.9. The predicted molar refractivity (Wildman–Crippen MR) is 200 cm³/mol. The van der Waals surface area contributed by atoms with Gasteiger partial charge in [0.2, 0.25) is 6.29 Å². The molecule has 19 heteroatoms. The molecule has 3 amide bonds. The van der Waals surface area contributed by atoms with Gasteiger partial charge in [0.1, 0.15) is 12.6 Å². The first-order valence-corrected chi connectivity index (χ1v) is 17.8. The molecule has 19 nitrogen and oxygen atoms in total. The maximum Gasteiger partial charge on any atom is 0.511 e. The molecule has 2 atom stereocenters. The summed E-state index contributed by atoms with van der Waals surface area (Å²) < 4.78 is 15.7. The summed E-state index contributed by atoms with van der Waals surface area (Å²) >= 11 is 0. The van der Waals surface area contributed by atoms with Crippen LogP contribution in [0.3, 0.4) is 0 Å². The van der Waals surface area contributed by atoms with Gasteiger partial charge in [-0.05, 0) is 94.0 Å². The Hall–Kier alpha value is -6.24. The lowest BCUT2D eigenvalue weighted by Crippen LogP contribution is -2.73. The van der Waals surface area contributed by atoms with E-state index < -0.39 is 54.0 Å². The number of Topliss-reactive ketones (excluding diaryl/α,β-unsaturated/α-hetero) is 1. The van der Waals surface area contributed by atoms with Crippen molar-refractivity contribution in [3.8, 4) is 0 Å². The van der Waals surface area contributed by atoms with Crippen molar-refractivity contribution >= 4 is 58.9 Å². The smallest absolute Gasteiger partial charge is 0.431 e. The number of piperazine rings is 1. The molecule has 1 saturated carbocycles. The third-order valence-electron chi connectivity index (χ3n) is 8.99. The van der Waals surface area contributed by atoms with E-state index in [4.69, 9.17) is 37.1 Å². The van der Waals surface area contributed by atoms with Gasteiger partial charge in [-0.3, -0.25) is 29.4 Å². The first kappa shape index (κ1) is 41.5. The second-order valence-electron chi connectivity index (χ2n) is 13.1. The number of guanidine groups is 2. The highest BCUT2D eigenvalue weighted by molar-refractivity contribution is 6.11. The van der Waals surface area contributed by atoms with Crippen LogP contribution in [0.5, 0.6) is 0 Å². The Labute approximate surface area is 317 Å². The van der Waals surface area contributed by atoms with E-state index in [0.717, 1.165) is 37.0 Å². The summed E-state index contributed by atoms with van der Waals surface area (Å²) in [4.78, 5) is 88.4. The van der Waals surface area contributed by atoms with Crippen LogP contribution in [-0.4, -0.2) is 102 Å². The largest absolute Gasteiger partial charge is 0.511 e. The van der Waals surface area contributed by atoms with Gasteiger partial charge in [0.05, 0.1) is 11.4 Å². The zero-order valence-electron chi connectivity index (χ0n) is 30.8. The molecule has 2 aromatic carbocycles. The summed E-state index contributed by atoms with van der Waals surface area (Å²) in [5, 5.41) is 4.01. The molecule has 0 bridgehead atoms. The van der Waals surface area contributed by atoms with E-state index in [2.05, 4.69) is 20.7 Å². The van der Waals surface area contributed by atoms with Crippen LogP contribution < -0.4 is 33.7 Å². The van der Waals surface area contributed by atoms with Crippen molar-refractivity contribution in [3.63, 3.8) is 0 Å². The fourth-order valence-electron chi connectivity index (χ4n) is 6.34. The van der Waals surface area contributed by atoms with E-state index in [9.17, 15) is 28.8 Å². The molecule has 4 rings (SSSR count). The summed E-state index contributed by atoms with van der Waals surface area (Å²) in [6.45, 7) is 1.85. The number of amides is 3. The fourth-order valence-corrected chi connectivity index (χ4v) is 6.34. The highest BCUT2D eigenvalue weighted by Crippen LogP contribution is 2.29. The third kappa shape index (κ3) is 11.6. The molecule has 0 radical (unpaired) electrons. The molecule has 296 valence electrons. The van der Waals surface area contributed by atoms with Crippen molar-refractivity contribution in [1.82, 2.24) is 20.7 Å². The number of hydrazine groups is 1. The molecule has 55 heavy (non-hydrogen) atoms. The molecule has 1 aliphatic heterocycles. The van der Waals surface area contributed by atoms with E-state index in [1.54, 1.807) is 12.1 Å². The molecular formula is C36H48N10O9. The van der Waals surface area contributed by atoms with Crippen LogP contribution in [0.1, 0.15) is 79.5 Å². The summed E-state index contributed by atoms with van der Waals surface area (Å²) in [5.74, 6) is -3.67. The van der Waals surface area contributed by atoms with Gasteiger partial charge >= 0.3 is 12.1 Å². The molecule has 1 heterocycles. The number of carbonyl (C=O) groups is 6. The van der Waals surface area contributed by atoms with Crippen molar-refractivity contribution in [2.24, 2.45) is 32.9 Å². The number of carbonyl (C=O) groups excluding carboxylic acids is 6. The molecule has 0 aromatic heterocycles. The first-order valence-electron chi connectivity index (χ1n) is 17.8. The minimum absolute atomic E-state index is 0.0404. The number of aliphatic imine (C=N–C) groups is 2. The number of ether oxygens (including phenoxy) is 3. The molecule has 1 saturated heterocycles. The lowest BCUT2D eigenvalue weighted by molar-refractivity contribution is -0.177. The topological polar surface area (TPSA) is 289 Å². The zero-order valence-corrected chi connectivity index (χ0v) is 30.8. The van der Waals surface area contributed by atoms with Crippen LogP contribution in [0.25, 0.3) is 0 Å². The SMILES string of the molecule is CC(=O)[C@@]1(CCCNC(=O)c2ccc(N=C(N)N)cc2)C(=O)N(CC(=O)OC(C)OC(=O)OC2CCCCC2)CCN1NC(=O)c1ccc(N=C(N)N)cc1. The number of nitrogens with two attached hydrogens (primary N) is 4. The Bertz CT molecular complexity index is 1770. The second kappa shape index (κ2) is 19.2. The molecule has 0 spiro atoms. The number of nitrogens with one attached hydrogen (secondary N) is 2. The summed E-state index contributed by atoms with van der Waals surface area (Å²) in [6.07, 6.45) is 1.79. The van der Waals surface area contributed by atoms with E-state index in [1.165, 1.54) is 55.3 Å². The monoisotopic (exact) mass is 764 g/mol. The fraction of sp³-hybridized carbons (Fsp3) is 0.444. The van der Waals surface area contributed by atoms with Crippen LogP contribution in [-0.2, 0) is 28.6 Å². The van der Waals surface area contributed by atoms with Crippen molar-refractivity contribution in [2.75, 3.05) is 26.2 Å². The van der Waals surface area contributed by atoms with E-state index in [1.807, 2.05) is 0 Å².